The number of aromatic nitrogens is 2. The summed E-state index contributed by atoms with van der Waals surface area (Å²) in [6.45, 7) is 1.34. The van der Waals surface area contributed by atoms with E-state index in [1.54, 1.807) is 13.2 Å². The Balaban J connectivity index is 1.92. The second-order valence-corrected chi connectivity index (χ2v) is 3.37. The maximum Gasteiger partial charge on any atom is 0.233 e. The third kappa shape index (κ3) is 1.63. The van der Waals surface area contributed by atoms with E-state index in [0.29, 0.717) is 6.54 Å². The topological polar surface area (TPSA) is 59.0 Å². The van der Waals surface area contributed by atoms with Crippen LogP contribution in [0.25, 0.3) is 0 Å². The van der Waals surface area contributed by atoms with Gasteiger partial charge in [0.1, 0.15) is 5.82 Å². The lowest BCUT2D eigenvalue weighted by Crippen LogP contribution is -2.33. The summed E-state index contributed by atoms with van der Waals surface area (Å²) in [5, 5.41) is 5.76. The first-order valence-electron chi connectivity index (χ1n) is 4.76. The summed E-state index contributed by atoms with van der Waals surface area (Å²) in [4.78, 5) is 15.3. The van der Waals surface area contributed by atoms with Crippen molar-refractivity contribution in [3.05, 3.63) is 18.2 Å². The van der Waals surface area contributed by atoms with Gasteiger partial charge in [0.2, 0.25) is 5.91 Å². The van der Waals surface area contributed by atoms with Gasteiger partial charge in [0, 0.05) is 26.0 Å². The van der Waals surface area contributed by atoms with Gasteiger partial charge in [0.15, 0.2) is 0 Å². The largest absolute Gasteiger partial charge is 0.358 e. The number of carbonyl (C=O) groups is 1. The van der Waals surface area contributed by atoms with Gasteiger partial charge < -0.3 is 9.88 Å². The predicted molar refractivity (Wildman–Crippen MR) is 51.7 cm³/mol. The maximum absolute atomic E-state index is 11.0. The summed E-state index contributed by atoms with van der Waals surface area (Å²) in [6.07, 6.45) is 4.78. The molecule has 2 heterocycles. The van der Waals surface area contributed by atoms with Crippen molar-refractivity contribution in [1.29, 1.82) is 0 Å². The number of aryl methyl sites for hydroxylation is 1. The van der Waals surface area contributed by atoms with Crippen LogP contribution in [0.4, 0.5) is 0 Å². The van der Waals surface area contributed by atoms with E-state index in [9.17, 15) is 4.79 Å². The molecule has 1 atom stereocenters. The summed E-state index contributed by atoms with van der Waals surface area (Å²) < 4.78 is 2.11. The highest BCUT2D eigenvalue weighted by Gasteiger charge is 2.23. The molecule has 1 aliphatic rings. The Morgan fingerprint density at radius 3 is 3.43 bits per heavy atom. The predicted octanol–water partition coefficient (Wildman–Crippen LogP) is -0.337. The van der Waals surface area contributed by atoms with Crippen molar-refractivity contribution in [3.63, 3.8) is 0 Å². The SMILES string of the molecule is CNC(=O)CNC1CCn2ccnc21. The molecule has 0 fully saturated rings. The quantitative estimate of drug-likeness (QED) is 0.692. The first kappa shape index (κ1) is 9.21. The van der Waals surface area contributed by atoms with Gasteiger partial charge in [0.25, 0.3) is 0 Å². The average molecular weight is 194 g/mol. The number of rotatable bonds is 3. The number of hydrogen-bond acceptors (Lipinski definition) is 3. The molecule has 0 aliphatic carbocycles. The number of imidazole rings is 1. The molecule has 0 bridgehead atoms. The van der Waals surface area contributed by atoms with Gasteiger partial charge >= 0.3 is 0 Å². The van der Waals surface area contributed by atoms with Gasteiger partial charge in [-0.25, -0.2) is 4.98 Å². The minimum absolute atomic E-state index is 0.00926. The van der Waals surface area contributed by atoms with Crippen molar-refractivity contribution in [2.45, 2.75) is 19.0 Å². The van der Waals surface area contributed by atoms with Crippen LogP contribution in [0.5, 0.6) is 0 Å². The normalized spacial score (nSPS) is 19.4. The Kier molecular flexibility index (Phi) is 2.49. The van der Waals surface area contributed by atoms with Crippen molar-refractivity contribution in [2.24, 2.45) is 0 Å². The van der Waals surface area contributed by atoms with E-state index >= 15 is 0 Å². The fourth-order valence-corrected chi connectivity index (χ4v) is 1.71. The van der Waals surface area contributed by atoms with Gasteiger partial charge in [-0.3, -0.25) is 10.1 Å². The highest BCUT2D eigenvalue weighted by Crippen LogP contribution is 2.22. The number of fused-ring (bicyclic) bond motifs is 1. The highest BCUT2D eigenvalue weighted by atomic mass is 16.1. The van der Waals surface area contributed by atoms with Crippen molar-refractivity contribution >= 4 is 5.91 Å². The van der Waals surface area contributed by atoms with Gasteiger partial charge in [-0.15, -0.1) is 0 Å². The summed E-state index contributed by atoms with van der Waals surface area (Å²) in [7, 11) is 1.64. The van der Waals surface area contributed by atoms with Crippen LogP contribution in [-0.4, -0.2) is 29.1 Å². The van der Waals surface area contributed by atoms with Gasteiger partial charge in [-0.2, -0.15) is 0 Å². The molecule has 5 nitrogen and oxygen atoms in total. The molecular weight excluding hydrogens is 180 g/mol. The summed E-state index contributed by atoms with van der Waals surface area (Å²) in [5.41, 5.74) is 0. The standard InChI is InChI=1S/C9H14N4O/c1-10-8(14)6-12-7-2-4-13-5-3-11-9(7)13/h3,5,7,12H,2,4,6H2,1H3,(H,10,14). The van der Waals surface area contributed by atoms with Crippen LogP contribution < -0.4 is 10.6 Å². The smallest absolute Gasteiger partial charge is 0.233 e. The van der Waals surface area contributed by atoms with E-state index in [0.717, 1.165) is 18.8 Å². The summed E-state index contributed by atoms with van der Waals surface area (Å²) in [5.74, 6) is 1.05. The first-order chi connectivity index (χ1) is 6.81. The van der Waals surface area contributed by atoms with Crippen LogP contribution in [0.1, 0.15) is 18.3 Å². The van der Waals surface area contributed by atoms with E-state index in [1.165, 1.54) is 0 Å². The second kappa shape index (κ2) is 3.79. The monoisotopic (exact) mass is 194 g/mol. The van der Waals surface area contributed by atoms with Crippen molar-refractivity contribution < 1.29 is 4.79 Å². The van der Waals surface area contributed by atoms with Gasteiger partial charge in [0.05, 0.1) is 12.6 Å². The number of amides is 1. The van der Waals surface area contributed by atoms with Crippen LogP contribution in [-0.2, 0) is 11.3 Å². The molecule has 1 amide bonds. The minimum atomic E-state index is 0.00926. The number of hydrogen-bond donors (Lipinski definition) is 2. The Labute approximate surface area is 82.5 Å². The van der Waals surface area contributed by atoms with E-state index in [-0.39, 0.29) is 11.9 Å². The third-order valence-electron chi connectivity index (χ3n) is 2.51. The number of nitrogens with zero attached hydrogens (tertiary/aromatic N) is 2. The second-order valence-electron chi connectivity index (χ2n) is 3.37. The third-order valence-corrected chi connectivity index (χ3v) is 2.51. The molecule has 1 aromatic heterocycles. The van der Waals surface area contributed by atoms with E-state index in [2.05, 4.69) is 20.2 Å². The lowest BCUT2D eigenvalue weighted by atomic mass is 10.2. The van der Waals surface area contributed by atoms with Crippen LogP contribution >= 0.6 is 0 Å². The van der Waals surface area contributed by atoms with Crippen LogP contribution in [0.2, 0.25) is 0 Å². The molecule has 0 aromatic carbocycles. The van der Waals surface area contributed by atoms with Crippen LogP contribution in [0.15, 0.2) is 12.4 Å². The molecule has 5 heteroatoms. The summed E-state index contributed by atoms with van der Waals surface area (Å²) >= 11 is 0. The molecule has 0 radical (unpaired) electrons. The first-order valence-corrected chi connectivity index (χ1v) is 4.76. The lowest BCUT2D eigenvalue weighted by Gasteiger charge is -2.09. The Hall–Kier alpha value is -1.36. The van der Waals surface area contributed by atoms with Crippen molar-refractivity contribution in [3.8, 4) is 0 Å². The van der Waals surface area contributed by atoms with Crippen LogP contribution in [0.3, 0.4) is 0 Å². The summed E-state index contributed by atoms with van der Waals surface area (Å²) in [6, 6.07) is 0.224. The van der Waals surface area contributed by atoms with E-state index < -0.39 is 0 Å². The molecule has 2 rings (SSSR count). The molecule has 0 saturated heterocycles. The minimum Gasteiger partial charge on any atom is -0.358 e. The molecule has 1 aliphatic heterocycles. The van der Waals surface area contributed by atoms with Crippen LogP contribution in [0, 0.1) is 0 Å². The average Bonchev–Trinajstić information content (AvgIpc) is 2.76. The zero-order valence-corrected chi connectivity index (χ0v) is 8.16. The van der Waals surface area contributed by atoms with E-state index in [1.807, 2.05) is 6.20 Å². The molecular formula is C9H14N4O. The maximum atomic E-state index is 11.0. The Morgan fingerprint density at radius 2 is 2.64 bits per heavy atom. The fraction of sp³-hybridized carbons (Fsp3) is 0.556. The molecule has 1 aromatic rings. The number of nitrogens with one attached hydrogen (secondary N) is 2. The molecule has 1 unspecified atom stereocenters. The molecule has 0 spiro atoms. The molecule has 2 N–H and O–H groups in total. The number of likely N-dealkylation sites (N-methyl/N-ethyl adjacent to an activating group) is 1. The van der Waals surface area contributed by atoms with E-state index in [4.69, 9.17) is 0 Å². The van der Waals surface area contributed by atoms with Gasteiger partial charge in [-0.05, 0) is 6.42 Å². The Bertz CT molecular complexity index is 333. The van der Waals surface area contributed by atoms with Gasteiger partial charge in [-0.1, -0.05) is 0 Å². The molecule has 14 heavy (non-hydrogen) atoms. The van der Waals surface area contributed by atoms with Crippen molar-refractivity contribution in [1.82, 2.24) is 20.2 Å². The molecule has 76 valence electrons. The fourth-order valence-electron chi connectivity index (χ4n) is 1.71. The number of carbonyl (C=O) groups excluding carboxylic acids is 1. The van der Waals surface area contributed by atoms with Crippen molar-refractivity contribution in [2.75, 3.05) is 13.6 Å². The Morgan fingerprint density at radius 1 is 1.79 bits per heavy atom. The zero-order valence-electron chi connectivity index (χ0n) is 8.16. The lowest BCUT2D eigenvalue weighted by molar-refractivity contribution is -0.119. The zero-order chi connectivity index (χ0) is 9.97. The molecule has 0 saturated carbocycles. The highest BCUT2D eigenvalue weighted by molar-refractivity contribution is 5.77.